The Kier molecular flexibility index (Phi) is 6.49. The van der Waals surface area contributed by atoms with Crippen LogP contribution in [0.2, 0.25) is 15.1 Å². The topological polar surface area (TPSA) is 50.7 Å². The van der Waals surface area contributed by atoms with Crippen LogP contribution in [0.15, 0.2) is 35.4 Å². The Morgan fingerprint density at radius 1 is 1.17 bits per heavy atom. The highest BCUT2D eigenvalue weighted by atomic mass is 35.5. The van der Waals surface area contributed by atoms with E-state index in [4.69, 9.17) is 39.5 Å². The zero-order valence-electron chi connectivity index (χ0n) is 13.1. The van der Waals surface area contributed by atoms with Gasteiger partial charge < -0.3 is 4.74 Å². The van der Waals surface area contributed by atoms with E-state index in [0.29, 0.717) is 38.6 Å². The van der Waals surface area contributed by atoms with Crippen LogP contribution in [0.4, 0.5) is 0 Å². The van der Waals surface area contributed by atoms with Crippen molar-refractivity contribution in [3.05, 3.63) is 62.1 Å². The number of ether oxygens (including phenoxy) is 1. The molecule has 0 aliphatic heterocycles. The summed E-state index contributed by atoms with van der Waals surface area (Å²) in [5, 5.41) is 5.18. The average molecular weight is 386 g/mol. The number of aryl methyl sites for hydroxylation is 1. The van der Waals surface area contributed by atoms with Gasteiger partial charge in [-0.05, 0) is 49.2 Å². The van der Waals surface area contributed by atoms with Gasteiger partial charge in [0.25, 0.3) is 5.91 Å². The minimum absolute atomic E-state index is 0.365. The zero-order chi connectivity index (χ0) is 17.7. The van der Waals surface area contributed by atoms with Crippen molar-refractivity contribution in [3.63, 3.8) is 0 Å². The van der Waals surface area contributed by atoms with E-state index >= 15 is 0 Å². The van der Waals surface area contributed by atoms with Gasteiger partial charge in [0.1, 0.15) is 0 Å². The quantitative estimate of drug-likeness (QED) is 0.574. The molecule has 0 aromatic heterocycles. The molecular formula is C17H15Cl3N2O2. The molecule has 1 N–H and O–H groups in total. The maximum Gasteiger partial charge on any atom is 0.271 e. The second-order valence-corrected chi connectivity index (χ2v) is 6.13. The number of hydrogen-bond acceptors (Lipinski definition) is 3. The highest BCUT2D eigenvalue weighted by molar-refractivity contribution is 6.37. The number of nitrogens with zero attached hydrogens (tertiary/aromatic N) is 1. The monoisotopic (exact) mass is 384 g/mol. The predicted octanol–water partition coefficient (Wildman–Crippen LogP) is 5.12. The molecule has 2 aromatic carbocycles. The first-order chi connectivity index (χ1) is 11.4. The minimum Gasteiger partial charge on any atom is -0.491 e. The lowest BCUT2D eigenvalue weighted by Gasteiger charge is -2.08. The van der Waals surface area contributed by atoms with Crippen LogP contribution in [-0.2, 0) is 0 Å². The van der Waals surface area contributed by atoms with E-state index in [2.05, 4.69) is 10.5 Å². The lowest BCUT2D eigenvalue weighted by Crippen LogP contribution is -2.17. The van der Waals surface area contributed by atoms with Gasteiger partial charge in [0.2, 0.25) is 0 Å². The number of nitrogens with one attached hydrogen (secondary N) is 1. The van der Waals surface area contributed by atoms with Crippen molar-refractivity contribution in [1.82, 2.24) is 5.43 Å². The third-order valence-electron chi connectivity index (χ3n) is 3.12. The van der Waals surface area contributed by atoms with Gasteiger partial charge >= 0.3 is 0 Å². The lowest BCUT2D eigenvalue weighted by atomic mass is 10.1. The molecule has 0 heterocycles. The third-order valence-corrected chi connectivity index (χ3v) is 4.09. The van der Waals surface area contributed by atoms with Gasteiger partial charge in [0, 0.05) is 10.6 Å². The number of halogens is 3. The minimum atomic E-state index is -0.365. The van der Waals surface area contributed by atoms with E-state index in [0.717, 1.165) is 5.56 Å². The molecule has 0 atom stereocenters. The van der Waals surface area contributed by atoms with E-state index in [-0.39, 0.29) is 5.91 Å². The van der Waals surface area contributed by atoms with Crippen molar-refractivity contribution >= 4 is 46.9 Å². The van der Waals surface area contributed by atoms with Crippen molar-refractivity contribution in [3.8, 4) is 5.75 Å². The van der Waals surface area contributed by atoms with E-state index in [1.54, 1.807) is 30.3 Å². The number of benzene rings is 2. The first-order valence-electron chi connectivity index (χ1n) is 7.13. The molecule has 0 saturated heterocycles. The van der Waals surface area contributed by atoms with Gasteiger partial charge in [0.05, 0.1) is 22.9 Å². The molecule has 126 valence electrons. The number of carbonyl (C=O) groups is 1. The van der Waals surface area contributed by atoms with Crippen molar-refractivity contribution in [2.24, 2.45) is 5.10 Å². The van der Waals surface area contributed by atoms with E-state index in [9.17, 15) is 4.79 Å². The van der Waals surface area contributed by atoms with Gasteiger partial charge in [-0.1, -0.05) is 40.9 Å². The SMILES string of the molecule is CCOc1c(Cl)cc(/C=N\NC(=O)c2ccc(C)c(Cl)c2)cc1Cl. The Labute approximate surface area is 155 Å². The summed E-state index contributed by atoms with van der Waals surface area (Å²) in [5.74, 6) is 0.0626. The lowest BCUT2D eigenvalue weighted by molar-refractivity contribution is 0.0955. The van der Waals surface area contributed by atoms with Gasteiger partial charge in [-0.3, -0.25) is 4.79 Å². The van der Waals surface area contributed by atoms with Crippen LogP contribution < -0.4 is 10.2 Å². The molecule has 0 spiro atoms. The number of hydrazone groups is 1. The molecule has 4 nitrogen and oxygen atoms in total. The van der Waals surface area contributed by atoms with Crippen LogP contribution in [0, 0.1) is 6.92 Å². The molecule has 0 saturated carbocycles. The summed E-state index contributed by atoms with van der Waals surface area (Å²) in [6, 6.07) is 8.34. The second kappa shape index (κ2) is 8.38. The van der Waals surface area contributed by atoms with Crippen molar-refractivity contribution in [2.75, 3.05) is 6.61 Å². The molecule has 24 heavy (non-hydrogen) atoms. The summed E-state index contributed by atoms with van der Waals surface area (Å²) >= 11 is 18.2. The summed E-state index contributed by atoms with van der Waals surface area (Å²) in [5.41, 5.74) is 4.38. The molecule has 0 aliphatic rings. The van der Waals surface area contributed by atoms with Crippen LogP contribution in [-0.4, -0.2) is 18.7 Å². The fourth-order valence-electron chi connectivity index (χ4n) is 1.90. The molecule has 2 rings (SSSR count). The molecular weight excluding hydrogens is 371 g/mol. The second-order valence-electron chi connectivity index (χ2n) is 4.91. The predicted molar refractivity (Wildman–Crippen MR) is 98.9 cm³/mol. The van der Waals surface area contributed by atoms with Crippen LogP contribution in [0.1, 0.15) is 28.4 Å². The summed E-state index contributed by atoms with van der Waals surface area (Å²) in [6.45, 7) is 4.17. The maximum atomic E-state index is 12.0. The van der Waals surface area contributed by atoms with Crippen LogP contribution in [0.25, 0.3) is 0 Å². The zero-order valence-corrected chi connectivity index (χ0v) is 15.3. The maximum absolute atomic E-state index is 12.0. The molecule has 0 bridgehead atoms. The normalized spacial score (nSPS) is 10.9. The summed E-state index contributed by atoms with van der Waals surface area (Å²) in [4.78, 5) is 12.0. The molecule has 2 aromatic rings. The van der Waals surface area contributed by atoms with Gasteiger partial charge in [-0.2, -0.15) is 5.10 Å². The Hall–Kier alpha value is -1.75. The smallest absolute Gasteiger partial charge is 0.271 e. The molecule has 1 amide bonds. The Bertz CT molecular complexity index is 768. The van der Waals surface area contributed by atoms with Crippen LogP contribution >= 0.6 is 34.8 Å². The number of rotatable bonds is 5. The molecule has 0 radical (unpaired) electrons. The van der Waals surface area contributed by atoms with E-state index < -0.39 is 0 Å². The molecule has 7 heteroatoms. The van der Waals surface area contributed by atoms with Gasteiger partial charge in [-0.15, -0.1) is 0 Å². The Morgan fingerprint density at radius 3 is 2.42 bits per heavy atom. The standard InChI is InChI=1S/C17H15Cl3N2O2/c1-3-24-16-14(19)6-11(7-15(16)20)9-21-22-17(23)12-5-4-10(2)13(18)8-12/h4-9H,3H2,1-2H3,(H,22,23)/b21-9-. The fourth-order valence-corrected chi connectivity index (χ4v) is 2.69. The highest BCUT2D eigenvalue weighted by Crippen LogP contribution is 2.33. The first kappa shape index (κ1) is 18.6. The number of hydrogen-bond donors (Lipinski definition) is 1. The summed E-state index contributed by atoms with van der Waals surface area (Å²) in [6.07, 6.45) is 1.45. The van der Waals surface area contributed by atoms with E-state index in [1.165, 1.54) is 6.21 Å². The Balaban J connectivity index is 2.08. The number of amides is 1. The summed E-state index contributed by atoms with van der Waals surface area (Å²) in [7, 11) is 0. The van der Waals surface area contributed by atoms with Gasteiger partial charge in [0.15, 0.2) is 5.75 Å². The third kappa shape index (κ3) is 4.63. The first-order valence-corrected chi connectivity index (χ1v) is 8.27. The molecule has 0 aliphatic carbocycles. The van der Waals surface area contributed by atoms with Gasteiger partial charge in [-0.25, -0.2) is 5.43 Å². The fraction of sp³-hybridized carbons (Fsp3) is 0.176. The van der Waals surface area contributed by atoms with Crippen molar-refractivity contribution < 1.29 is 9.53 Å². The van der Waals surface area contributed by atoms with Crippen LogP contribution in [0.3, 0.4) is 0 Å². The highest BCUT2D eigenvalue weighted by Gasteiger charge is 2.09. The number of carbonyl (C=O) groups excluding carboxylic acids is 1. The molecule has 0 unspecified atom stereocenters. The van der Waals surface area contributed by atoms with Crippen molar-refractivity contribution in [2.45, 2.75) is 13.8 Å². The van der Waals surface area contributed by atoms with Crippen molar-refractivity contribution in [1.29, 1.82) is 0 Å². The Morgan fingerprint density at radius 2 is 1.83 bits per heavy atom. The van der Waals surface area contributed by atoms with E-state index in [1.807, 2.05) is 13.8 Å². The van der Waals surface area contributed by atoms with Crippen LogP contribution in [0.5, 0.6) is 5.75 Å². The largest absolute Gasteiger partial charge is 0.491 e. The summed E-state index contributed by atoms with van der Waals surface area (Å²) < 4.78 is 5.35. The molecule has 0 fully saturated rings. The average Bonchev–Trinajstić information content (AvgIpc) is 2.53.